The number of halogens is 1. The van der Waals surface area contributed by atoms with Crippen LogP contribution in [0.3, 0.4) is 0 Å². The fraction of sp³-hybridized carbons (Fsp3) is 0.278. The van der Waals surface area contributed by atoms with E-state index in [0.717, 1.165) is 5.56 Å². The standard InChI is InChI=1S/C18H20FNO3/c1-3-23-17-8-7-14(10-16(17)19)12-20-18(21)11-13-5-4-6-15(9-13)22-2/h4-10H,3,11-12H2,1-2H3,(H,20,21). The molecule has 5 heteroatoms. The highest BCUT2D eigenvalue weighted by Crippen LogP contribution is 2.18. The molecule has 0 heterocycles. The number of benzene rings is 2. The molecule has 122 valence electrons. The summed E-state index contributed by atoms with van der Waals surface area (Å²) in [4.78, 5) is 12.0. The van der Waals surface area contributed by atoms with Gasteiger partial charge in [0.25, 0.3) is 0 Å². The van der Waals surface area contributed by atoms with E-state index in [1.165, 1.54) is 6.07 Å². The summed E-state index contributed by atoms with van der Waals surface area (Å²) in [7, 11) is 1.58. The van der Waals surface area contributed by atoms with E-state index in [2.05, 4.69) is 5.32 Å². The summed E-state index contributed by atoms with van der Waals surface area (Å²) in [5.41, 5.74) is 1.55. The van der Waals surface area contributed by atoms with E-state index >= 15 is 0 Å². The van der Waals surface area contributed by atoms with Crippen molar-refractivity contribution in [1.82, 2.24) is 5.32 Å². The number of rotatable bonds is 7. The molecule has 0 bridgehead atoms. The Labute approximate surface area is 135 Å². The Hall–Kier alpha value is -2.56. The Morgan fingerprint density at radius 2 is 2.00 bits per heavy atom. The van der Waals surface area contributed by atoms with Gasteiger partial charge in [-0.1, -0.05) is 18.2 Å². The van der Waals surface area contributed by atoms with Crippen molar-refractivity contribution in [3.05, 3.63) is 59.4 Å². The monoisotopic (exact) mass is 317 g/mol. The summed E-state index contributed by atoms with van der Waals surface area (Å²) in [6.45, 7) is 2.48. The number of methoxy groups -OCH3 is 1. The molecule has 2 aromatic rings. The Bertz CT molecular complexity index is 673. The van der Waals surface area contributed by atoms with Crippen LogP contribution in [-0.2, 0) is 17.8 Å². The first-order valence-corrected chi connectivity index (χ1v) is 7.43. The molecule has 23 heavy (non-hydrogen) atoms. The van der Waals surface area contributed by atoms with Crippen LogP contribution in [0.25, 0.3) is 0 Å². The first-order chi connectivity index (χ1) is 11.1. The summed E-state index contributed by atoms with van der Waals surface area (Å²) in [6.07, 6.45) is 0.247. The van der Waals surface area contributed by atoms with Gasteiger partial charge in [0.15, 0.2) is 11.6 Å². The van der Waals surface area contributed by atoms with E-state index in [9.17, 15) is 9.18 Å². The van der Waals surface area contributed by atoms with Crippen LogP contribution in [0.2, 0.25) is 0 Å². The zero-order valence-corrected chi connectivity index (χ0v) is 13.3. The third-order valence-electron chi connectivity index (χ3n) is 3.28. The minimum atomic E-state index is -0.425. The first-order valence-electron chi connectivity index (χ1n) is 7.43. The van der Waals surface area contributed by atoms with E-state index in [0.29, 0.717) is 17.9 Å². The van der Waals surface area contributed by atoms with Crippen molar-refractivity contribution in [2.24, 2.45) is 0 Å². The van der Waals surface area contributed by atoms with Crippen molar-refractivity contribution in [1.29, 1.82) is 0 Å². The molecule has 0 fully saturated rings. The zero-order valence-electron chi connectivity index (χ0n) is 13.3. The predicted octanol–water partition coefficient (Wildman–Crippen LogP) is 3.09. The largest absolute Gasteiger partial charge is 0.497 e. The Balaban J connectivity index is 1.90. The van der Waals surface area contributed by atoms with Gasteiger partial charge >= 0.3 is 0 Å². The molecule has 0 aliphatic heterocycles. The van der Waals surface area contributed by atoms with Crippen LogP contribution in [0.15, 0.2) is 42.5 Å². The number of amides is 1. The van der Waals surface area contributed by atoms with Gasteiger partial charge in [-0.3, -0.25) is 4.79 Å². The molecule has 0 aliphatic rings. The highest BCUT2D eigenvalue weighted by atomic mass is 19.1. The molecule has 1 amide bonds. The normalized spacial score (nSPS) is 10.2. The van der Waals surface area contributed by atoms with Gasteiger partial charge in [0, 0.05) is 6.54 Å². The fourth-order valence-corrected chi connectivity index (χ4v) is 2.16. The maximum Gasteiger partial charge on any atom is 0.224 e. The second-order valence-electron chi connectivity index (χ2n) is 5.00. The molecule has 1 N–H and O–H groups in total. The van der Waals surface area contributed by atoms with Gasteiger partial charge < -0.3 is 14.8 Å². The lowest BCUT2D eigenvalue weighted by molar-refractivity contribution is -0.120. The van der Waals surface area contributed by atoms with Crippen LogP contribution >= 0.6 is 0 Å². The molecule has 0 unspecified atom stereocenters. The summed E-state index contributed by atoms with van der Waals surface area (Å²) >= 11 is 0. The Morgan fingerprint density at radius 1 is 1.17 bits per heavy atom. The van der Waals surface area contributed by atoms with Crippen LogP contribution < -0.4 is 14.8 Å². The van der Waals surface area contributed by atoms with Gasteiger partial charge in [0.1, 0.15) is 5.75 Å². The van der Waals surface area contributed by atoms with Crippen molar-refractivity contribution in [3.63, 3.8) is 0 Å². The molecule has 0 aliphatic carbocycles. The minimum Gasteiger partial charge on any atom is -0.497 e. The van der Waals surface area contributed by atoms with E-state index in [-0.39, 0.29) is 24.6 Å². The number of hydrogen-bond donors (Lipinski definition) is 1. The number of carbonyl (C=O) groups excluding carboxylic acids is 1. The summed E-state index contributed by atoms with van der Waals surface area (Å²) in [5, 5.41) is 2.78. The maximum absolute atomic E-state index is 13.7. The molecule has 2 rings (SSSR count). The zero-order chi connectivity index (χ0) is 16.7. The molecule has 0 atom stereocenters. The maximum atomic E-state index is 13.7. The van der Waals surface area contributed by atoms with Gasteiger partial charge in [0.05, 0.1) is 20.1 Å². The average Bonchev–Trinajstić information content (AvgIpc) is 2.55. The predicted molar refractivity (Wildman–Crippen MR) is 86.1 cm³/mol. The van der Waals surface area contributed by atoms with E-state index in [1.54, 1.807) is 26.2 Å². The third-order valence-corrected chi connectivity index (χ3v) is 3.28. The number of hydrogen-bond acceptors (Lipinski definition) is 3. The SMILES string of the molecule is CCOc1ccc(CNC(=O)Cc2cccc(OC)c2)cc1F. The molecule has 4 nitrogen and oxygen atoms in total. The Morgan fingerprint density at radius 3 is 2.70 bits per heavy atom. The van der Waals surface area contributed by atoms with Gasteiger partial charge in [-0.05, 0) is 42.3 Å². The third kappa shape index (κ3) is 4.98. The van der Waals surface area contributed by atoms with Crippen LogP contribution in [0.1, 0.15) is 18.1 Å². The molecule has 2 aromatic carbocycles. The molecular formula is C18H20FNO3. The van der Waals surface area contributed by atoms with Crippen LogP contribution in [0.4, 0.5) is 4.39 Å². The molecule has 0 spiro atoms. The van der Waals surface area contributed by atoms with Crippen molar-refractivity contribution < 1.29 is 18.7 Å². The molecule has 0 saturated carbocycles. The minimum absolute atomic E-state index is 0.132. The van der Waals surface area contributed by atoms with E-state index < -0.39 is 5.82 Å². The van der Waals surface area contributed by atoms with Gasteiger partial charge in [0.2, 0.25) is 5.91 Å². The quantitative estimate of drug-likeness (QED) is 0.853. The lowest BCUT2D eigenvalue weighted by Crippen LogP contribution is -2.24. The van der Waals surface area contributed by atoms with Gasteiger partial charge in [-0.25, -0.2) is 4.39 Å². The number of ether oxygens (including phenoxy) is 2. The van der Waals surface area contributed by atoms with Crippen molar-refractivity contribution in [2.75, 3.05) is 13.7 Å². The fourth-order valence-electron chi connectivity index (χ4n) is 2.16. The molecule has 0 aromatic heterocycles. The summed E-state index contributed by atoms with van der Waals surface area (Å²) < 4.78 is 24.0. The second-order valence-corrected chi connectivity index (χ2v) is 5.00. The summed E-state index contributed by atoms with van der Waals surface area (Å²) in [5.74, 6) is 0.377. The van der Waals surface area contributed by atoms with Crippen molar-refractivity contribution in [3.8, 4) is 11.5 Å². The average molecular weight is 317 g/mol. The lowest BCUT2D eigenvalue weighted by Gasteiger charge is -2.09. The highest BCUT2D eigenvalue weighted by molar-refractivity contribution is 5.78. The highest BCUT2D eigenvalue weighted by Gasteiger charge is 2.07. The van der Waals surface area contributed by atoms with Gasteiger partial charge in [-0.2, -0.15) is 0 Å². The number of nitrogens with one attached hydrogen (secondary N) is 1. The molecule has 0 radical (unpaired) electrons. The van der Waals surface area contributed by atoms with Gasteiger partial charge in [-0.15, -0.1) is 0 Å². The van der Waals surface area contributed by atoms with E-state index in [4.69, 9.17) is 9.47 Å². The molecular weight excluding hydrogens is 297 g/mol. The number of carbonyl (C=O) groups is 1. The topological polar surface area (TPSA) is 47.6 Å². The smallest absolute Gasteiger partial charge is 0.224 e. The Kier molecular flexibility index (Phi) is 5.97. The first kappa shape index (κ1) is 16.8. The van der Waals surface area contributed by atoms with Crippen LogP contribution in [0, 0.1) is 5.82 Å². The van der Waals surface area contributed by atoms with Crippen molar-refractivity contribution >= 4 is 5.91 Å². The van der Waals surface area contributed by atoms with Crippen LogP contribution in [0.5, 0.6) is 11.5 Å². The van der Waals surface area contributed by atoms with Crippen molar-refractivity contribution in [2.45, 2.75) is 19.9 Å². The summed E-state index contributed by atoms with van der Waals surface area (Å²) in [6, 6.07) is 12.0. The second kappa shape index (κ2) is 8.17. The lowest BCUT2D eigenvalue weighted by atomic mass is 10.1. The molecule has 0 saturated heterocycles. The van der Waals surface area contributed by atoms with E-state index in [1.807, 2.05) is 24.3 Å². The van der Waals surface area contributed by atoms with Crippen LogP contribution in [-0.4, -0.2) is 19.6 Å².